The summed E-state index contributed by atoms with van der Waals surface area (Å²) in [5.74, 6) is 0.147. The molecule has 2 saturated heterocycles. The lowest BCUT2D eigenvalue weighted by Gasteiger charge is -2.42. The second-order valence-electron chi connectivity index (χ2n) is 4.82. The van der Waals surface area contributed by atoms with E-state index in [-0.39, 0.29) is 12.5 Å². The fourth-order valence-electron chi connectivity index (χ4n) is 2.82. The van der Waals surface area contributed by atoms with Crippen molar-refractivity contribution in [2.24, 2.45) is 5.92 Å². The first-order valence-corrected chi connectivity index (χ1v) is 5.60. The molecule has 0 amide bonds. The van der Waals surface area contributed by atoms with E-state index in [1.165, 1.54) is 0 Å². The molecule has 3 unspecified atom stereocenters. The van der Waals surface area contributed by atoms with Crippen LogP contribution in [-0.2, 0) is 0 Å². The number of alkyl halides is 3. The lowest BCUT2D eigenvalue weighted by Crippen LogP contribution is -2.60. The molecule has 0 aromatic heterocycles. The Kier molecular flexibility index (Phi) is 3.16. The zero-order valence-corrected chi connectivity index (χ0v) is 9.06. The summed E-state index contributed by atoms with van der Waals surface area (Å²) < 4.78 is 36.6. The highest BCUT2D eigenvalue weighted by Gasteiger charge is 2.47. The van der Waals surface area contributed by atoms with Gasteiger partial charge in [-0.05, 0) is 31.8 Å². The van der Waals surface area contributed by atoms with Gasteiger partial charge >= 0.3 is 6.18 Å². The minimum Gasteiger partial charge on any atom is -0.394 e. The Morgan fingerprint density at radius 1 is 1.38 bits per heavy atom. The number of hydrogen-bond donors (Lipinski definition) is 2. The van der Waals surface area contributed by atoms with Crippen LogP contribution in [0.5, 0.6) is 0 Å². The van der Waals surface area contributed by atoms with E-state index in [1.807, 2.05) is 0 Å². The molecule has 2 heterocycles. The molecule has 0 aliphatic carbocycles. The van der Waals surface area contributed by atoms with Crippen LogP contribution in [0.2, 0.25) is 0 Å². The zero-order valence-electron chi connectivity index (χ0n) is 9.06. The van der Waals surface area contributed by atoms with Gasteiger partial charge in [-0.25, -0.2) is 0 Å². The molecule has 3 atom stereocenters. The third-order valence-electron chi connectivity index (χ3n) is 3.85. The highest BCUT2D eigenvalue weighted by molar-refractivity contribution is 5.03. The van der Waals surface area contributed by atoms with Crippen molar-refractivity contribution in [3.63, 3.8) is 0 Å². The van der Waals surface area contributed by atoms with Crippen LogP contribution in [0, 0.1) is 5.92 Å². The van der Waals surface area contributed by atoms with E-state index < -0.39 is 18.3 Å². The van der Waals surface area contributed by atoms with Crippen LogP contribution in [-0.4, -0.2) is 54.5 Å². The van der Waals surface area contributed by atoms with E-state index in [1.54, 1.807) is 0 Å². The van der Waals surface area contributed by atoms with Gasteiger partial charge in [0.25, 0.3) is 0 Å². The van der Waals surface area contributed by atoms with Crippen LogP contribution >= 0.6 is 0 Å². The Balaban J connectivity index is 2.01. The first-order valence-electron chi connectivity index (χ1n) is 5.60. The highest BCUT2D eigenvalue weighted by atomic mass is 19.4. The number of aliphatic hydroxyl groups is 1. The molecule has 0 aromatic rings. The van der Waals surface area contributed by atoms with Crippen molar-refractivity contribution in [2.45, 2.75) is 24.6 Å². The maximum Gasteiger partial charge on any atom is 0.401 e. The molecule has 0 spiro atoms. The van der Waals surface area contributed by atoms with Gasteiger partial charge in [-0.3, -0.25) is 0 Å². The molecule has 2 rings (SSSR count). The minimum absolute atomic E-state index is 0.147. The van der Waals surface area contributed by atoms with Crippen molar-refractivity contribution in [1.29, 1.82) is 0 Å². The van der Waals surface area contributed by atoms with Gasteiger partial charge < -0.3 is 15.3 Å². The molecule has 94 valence electrons. The molecule has 0 saturated carbocycles. The lowest BCUT2D eigenvalue weighted by molar-refractivity contribution is -0.132. The van der Waals surface area contributed by atoms with Gasteiger partial charge in [0.2, 0.25) is 0 Å². The van der Waals surface area contributed by atoms with Gasteiger partial charge in [-0.2, -0.15) is 13.2 Å². The average molecular weight is 238 g/mol. The summed E-state index contributed by atoms with van der Waals surface area (Å²) in [7, 11) is 0. The Bertz CT molecular complexity index is 259. The summed E-state index contributed by atoms with van der Waals surface area (Å²) in [6.45, 7) is 1.32. The Morgan fingerprint density at radius 2 is 2.12 bits per heavy atom. The normalized spacial score (nSPS) is 39.0. The summed E-state index contributed by atoms with van der Waals surface area (Å²) in [5.41, 5.74) is -0.720. The molecule has 2 fully saturated rings. The Hall–Kier alpha value is -0.330. The van der Waals surface area contributed by atoms with Gasteiger partial charge in [0.05, 0.1) is 13.2 Å². The summed E-state index contributed by atoms with van der Waals surface area (Å²) in [6.07, 6.45) is -2.73. The maximum atomic E-state index is 12.2. The van der Waals surface area contributed by atoms with Crippen LogP contribution < -0.4 is 5.32 Å². The predicted molar refractivity (Wildman–Crippen MR) is 53.0 cm³/mol. The quantitative estimate of drug-likeness (QED) is 0.755. The standard InChI is InChI=1S/C10H17F3N2O/c11-10(12,13)6-14-9(7-16)2-4-15-3-1-8(9)5-15/h8,14,16H,1-7H2. The SMILES string of the molecule is OCC1(NCC(F)(F)F)CCN2CCC1C2. The number of halogens is 3. The van der Waals surface area contributed by atoms with Crippen LogP contribution in [0.15, 0.2) is 0 Å². The van der Waals surface area contributed by atoms with Crippen molar-refractivity contribution in [3.8, 4) is 0 Å². The number of aliphatic hydroxyl groups excluding tert-OH is 1. The van der Waals surface area contributed by atoms with Crippen LogP contribution in [0.3, 0.4) is 0 Å². The average Bonchev–Trinajstić information content (AvgIpc) is 2.62. The minimum atomic E-state index is -4.21. The first-order chi connectivity index (χ1) is 7.45. The smallest absolute Gasteiger partial charge is 0.394 e. The third kappa shape index (κ3) is 2.33. The van der Waals surface area contributed by atoms with E-state index in [4.69, 9.17) is 0 Å². The first kappa shape index (κ1) is 12.1. The molecule has 2 bridgehead atoms. The predicted octanol–water partition coefficient (Wildman–Crippen LogP) is 0.595. The van der Waals surface area contributed by atoms with E-state index in [0.29, 0.717) is 6.42 Å². The van der Waals surface area contributed by atoms with Crippen LogP contribution in [0.25, 0.3) is 0 Å². The van der Waals surface area contributed by atoms with Crippen molar-refractivity contribution in [1.82, 2.24) is 10.2 Å². The van der Waals surface area contributed by atoms with E-state index in [0.717, 1.165) is 26.1 Å². The summed E-state index contributed by atoms with van der Waals surface area (Å²) in [5, 5.41) is 12.0. The van der Waals surface area contributed by atoms with Crippen molar-refractivity contribution in [3.05, 3.63) is 0 Å². The molecule has 2 aliphatic rings. The molecule has 2 aliphatic heterocycles. The molecule has 16 heavy (non-hydrogen) atoms. The number of nitrogens with zero attached hydrogens (tertiary/aromatic N) is 1. The number of rotatable bonds is 3. The fourth-order valence-corrected chi connectivity index (χ4v) is 2.82. The van der Waals surface area contributed by atoms with E-state index in [9.17, 15) is 18.3 Å². The lowest BCUT2D eigenvalue weighted by atomic mass is 9.79. The summed E-state index contributed by atoms with van der Waals surface area (Å²) in [6, 6.07) is 0. The zero-order chi connectivity index (χ0) is 11.8. The van der Waals surface area contributed by atoms with Crippen molar-refractivity contribution >= 4 is 0 Å². The molecule has 0 aromatic carbocycles. The second kappa shape index (κ2) is 4.16. The number of hydrogen-bond acceptors (Lipinski definition) is 3. The van der Waals surface area contributed by atoms with Gasteiger partial charge in [0.1, 0.15) is 0 Å². The van der Waals surface area contributed by atoms with E-state index >= 15 is 0 Å². The topological polar surface area (TPSA) is 35.5 Å². The highest BCUT2D eigenvalue weighted by Crippen LogP contribution is 2.35. The number of piperidine rings is 1. The molecule has 6 heteroatoms. The summed E-state index contributed by atoms with van der Waals surface area (Å²) >= 11 is 0. The summed E-state index contributed by atoms with van der Waals surface area (Å²) in [4.78, 5) is 2.24. The molecular formula is C10H17F3N2O. The van der Waals surface area contributed by atoms with Gasteiger partial charge in [0.15, 0.2) is 0 Å². The van der Waals surface area contributed by atoms with Gasteiger partial charge in [0, 0.05) is 12.1 Å². The fraction of sp³-hybridized carbons (Fsp3) is 1.00. The largest absolute Gasteiger partial charge is 0.401 e. The number of fused-ring (bicyclic) bond motifs is 2. The molecule has 3 nitrogen and oxygen atoms in total. The number of nitrogens with one attached hydrogen (secondary N) is 1. The van der Waals surface area contributed by atoms with Crippen LogP contribution in [0.1, 0.15) is 12.8 Å². The molecular weight excluding hydrogens is 221 g/mol. The third-order valence-corrected chi connectivity index (χ3v) is 3.85. The van der Waals surface area contributed by atoms with Gasteiger partial charge in [-0.15, -0.1) is 0 Å². The Labute approximate surface area is 92.6 Å². The van der Waals surface area contributed by atoms with Gasteiger partial charge in [-0.1, -0.05) is 0 Å². The molecule has 0 radical (unpaired) electrons. The van der Waals surface area contributed by atoms with Crippen molar-refractivity contribution < 1.29 is 18.3 Å². The maximum absolute atomic E-state index is 12.2. The van der Waals surface area contributed by atoms with Crippen LogP contribution in [0.4, 0.5) is 13.2 Å². The van der Waals surface area contributed by atoms with Crippen molar-refractivity contribution in [2.75, 3.05) is 32.8 Å². The monoisotopic (exact) mass is 238 g/mol. The Morgan fingerprint density at radius 3 is 2.75 bits per heavy atom. The van der Waals surface area contributed by atoms with E-state index in [2.05, 4.69) is 10.2 Å². The molecule has 2 N–H and O–H groups in total. The second-order valence-corrected chi connectivity index (χ2v) is 4.82.